The number of carbonyl (C=O) groups is 1. The molecule has 3 heteroatoms. The van der Waals surface area contributed by atoms with Gasteiger partial charge in [-0.2, -0.15) is 0 Å². The SMILES string of the molecule is O=C(CC1=CCCCC1)Nc1ccc(CCO)cc1. The minimum atomic E-state index is 0.0584. The molecule has 0 aliphatic heterocycles. The number of anilines is 1. The van der Waals surface area contributed by atoms with Crippen LogP contribution in [0.4, 0.5) is 5.69 Å². The van der Waals surface area contributed by atoms with Crippen molar-refractivity contribution in [3.8, 4) is 0 Å². The van der Waals surface area contributed by atoms with Crippen LogP contribution in [0.2, 0.25) is 0 Å². The largest absolute Gasteiger partial charge is 0.396 e. The van der Waals surface area contributed by atoms with Crippen molar-refractivity contribution in [2.24, 2.45) is 0 Å². The van der Waals surface area contributed by atoms with Crippen molar-refractivity contribution in [1.82, 2.24) is 0 Å². The summed E-state index contributed by atoms with van der Waals surface area (Å²) in [6, 6.07) is 7.65. The highest BCUT2D eigenvalue weighted by atomic mass is 16.2. The first-order chi connectivity index (χ1) is 9.28. The molecule has 3 nitrogen and oxygen atoms in total. The Balaban J connectivity index is 1.86. The number of allylic oxidation sites excluding steroid dienone is 1. The van der Waals surface area contributed by atoms with Gasteiger partial charge in [0.25, 0.3) is 0 Å². The fourth-order valence-corrected chi connectivity index (χ4v) is 2.36. The van der Waals surface area contributed by atoms with Gasteiger partial charge in [0.2, 0.25) is 5.91 Å². The Morgan fingerprint density at radius 3 is 2.63 bits per heavy atom. The maximum atomic E-state index is 11.9. The molecule has 0 aromatic heterocycles. The molecule has 102 valence electrons. The molecule has 19 heavy (non-hydrogen) atoms. The number of carbonyl (C=O) groups excluding carboxylic acids is 1. The Labute approximate surface area is 114 Å². The summed E-state index contributed by atoms with van der Waals surface area (Å²) in [5, 5.41) is 11.8. The predicted octanol–water partition coefficient (Wildman–Crippen LogP) is 3.05. The van der Waals surface area contributed by atoms with E-state index in [1.807, 2.05) is 24.3 Å². The molecule has 0 heterocycles. The van der Waals surface area contributed by atoms with Gasteiger partial charge in [-0.05, 0) is 49.8 Å². The zero-order valence-electron chi connectivity index (χ0n) is 11.2. The second kappa shape index (κ2) is 7.10. The van der Waals surface area contributed by atoms with Crippen molar-refractivity contribution in [3.05, 3.63) is 41.5 Å². The van der Waals surface area contributed by atoms with Crippen LogP contribution in [-0.2, 0) is 11.2 Å². The third-order valence-electron chi connectivity index (χ3n) is 3.41. The van der Waals surface area contributed by atoms with E-state index in [-0.39, 0.29) is 12.5 Å². The van der Waals surface area contributed by atoms with E-state index < -0.39 is 0 Å². The molecule has 0 spiro atoms. The molecule has 0 bridgehead atoms. The Hall–Kier alpha value is -1.61. The summed E-state index contributed by atoms with van der Waals surface area (Å²) in [6.07, 6.45) is 7.99. The van der Waals surface area contributed by atoms with Crippen LogP contribution >= 0.6 is 0 Å². The van der Waals surface area contributed by atoms with Crippen LogP contribution in [0.1, 0.15) is 37.7 Å². The number of amides is 1. The molecular weight excluding hydrogens is 238 g/mol. The molecule has 1 aliphatic rings. The highest BCUT2D eigenvalue weighted by Crippen LogP contribution is 2.20. The van der Waals surface area contributed by atoms with Gasteiger partial charge in [0.15, 0.2) is 0 Å². The number of nitrogens with one attached hydrogen (secondary N) is 1. The van der Waals surface area contributed by atoms with Gasteiger partial charge in [0.1, 0.15) is 0 Å². The predicted molar refractivity (Wildman–Crippen MR) is 77.0 cm³/mol. The van der Waals surface area contributed by atoms with E-state index in [1.54, 1.807) is 0 Å². The lowest BCUT2D eigenvalue weighted by Gasteiger charge is -2.12. The quantitative estimate of drug-likeness (QED) is 0.798. The van der Waals surface area contributed by atoms with E-state index in [9.17, 15) is 4.79 Å². The number of aliphatic hydroxyl groups is 1. The second-order valence-electron chi connectivity index (χ2n) is 5.00. The molecule has 0 saturated carbocycles. The van der Waals surface area contributed by atoms with Crippen molar-refractivity contribution in [3.63, 3.8) is 0 Å². The summed E-state index contributed by atoms with van der Waals surface area (Å²) in [6.45, 7) is 0.153. The van der Waals surface area contributed by atoms with Crippen molar-refractivity contribution in [1.29, 1.82) is 0 Å². The zero-order valence-corrected chi connectivity index (χ0v) is 11.2. The van der Waals surface area contributed by atoms with E-state index in [1.165, 1.54) is 18.4 Å². The Kier molecular flexibility index (Phi) is 5.16. The van der Waals surface area contributed by atoms with Crippen molar-refractivity contribution >= 4 is 11.6 Å². The van der Waals surface area contributed by atoms with Crippen molar-refractivity contribution < 1.29 is 9.90 Å². The molecule has 2 rings (SSSR count). The molecule has 1 amide bonds. The van der Waals surface area contributed by atoms with E-state index in [0.29, 0.717) is 12.8 Å². The van der Waals surface area contributed by atoms with Crippen LogP contribution in [-0.4, -0.2) is 17.6 Å². The molecule has 0 fully saturated rings. The maximum Gasteiger partial charge on any atom is 0.228 e. The summed E-state index contributed by atoms with van der Waals surface area (Å²) in [5.74, 6) is 0.0584. The summed E-state index contributed by atoms with van der Waals surface area (Å²) in [7, 11) is 0. The number of hydrogen-bond donors (Lipinski definition) is 2. The van der Waals surface area contributed by atoms with Crippen LogP contribution in [0.3, 0.4) is 0 Å². The van der Waals surface area contributed by atoms with E-state index in [4.69, 9.17) is 5.11 Å². The summed E-state index contributed by atoms with van der Waals surface area (Å²) < 4.78 is 0. The average Bonchev–Trinajstić information content (AvgIpc) is 2.42. The number of aliphatic hydroxyl groups excluding tert-OH is 1. The molecule has 1 aromatic rings. The zero-order chi connectivity index (χ0) is 13.5. The Morgan fingerprint density at radius 2 is 2.00 bits per heavy atom. The fraction of sp³-hybridized carbons (Fsp3) is 0.438. The van der Waals surface area contributed by atoms with E-state index in [2.05, 4.69) is 11.4 Å². The van der Waals surface area contributed by atoms with Crippen LogP contribution in [0, 0.1) is 0 Å². The fourth-order valence-electron chi connectivity index (χ4n) is 2.36. The average molecular weight is 259 g/mol. The first kappa shape index (κ1) is 13.8. The lowest BCUT2D eigenvalue weighted by Crippen LogP contribution is -2.13. The minimum absolute atomic E-state index is 0.0584. The van der Waals surface area contributed by atoms with Gasteiger partial charge < -0.3 is 10.4 Å². The summed E-state index contributed by atoms with van der Waals surface area (Å²) >= 11 is 0. The summed E-state index contributed by atoms with van der Waals surface area (Å²) in [4.78, 5) is 11.9. The van der Waals surface area contributed by atoms with Gasteiger partial charge in [-0.3, -0.25) is 4.79 Å². The van der Waals surface area contributed by atoms with Crippen LogP contribution in [0.5, 0.6) is 0 Å². The first-order valence-electron chi connectivity index (χ1n) is 6.95. The molecule has 0 radical (unpaired) electrons. The normalized spacial score (nSPS) is 14.9. The Morgan fingerprint density at radius 1 is 1.21 bits per heavy atom. The lowest BCUT2D eigenvalue weighted by molar-refractivity contribution is -0.115. The van der Waals surface area contributed by atoms with Crippen LogP contribution < -0.4 is 5.32 Å². The van der Waals surface area contributed by atoms with E-state index >= 15 is 0 Å². The third kappa shape index (κ3) is 4.52. The molecule has 0 atom stereocenters. The lowest BCUT2D eigenvalue weighted by atomic mass is 9.97. The molecule has 1 aromatic carbocycles. The maximum absolute atomic E-state index is 11.9. The van der Waals surface area contributed by atoms with Gasteiger partial charge in [0, 0.05) is 18.7 Å². The summed E-state index contributed by atoms with van der Waals surface area (Å²) in [5.41, 5.74) is 3.17. The van der Waals surface area contributed by atoms with Crippen molar-refractivity contribution in [2.75, 3.05) is 11.9 Å². The van der Waals surface area contributed by atoms with Crippen LogP contribution in [0.15, 0.2) is 35.9 Å². The smallest absolute Gasteiger partial charge is 0.228 e. The Bertz CT molecular complexity index is 448. The molecule has 2 N–H and O–H groups in total. The topological polar surface area (TPSA) is 49.3 Å². The second-order valence-corrected chi connectivity index (χ2v) is 5.00. The van der Waals surface area contributed by atoms with E-state index in [0.717, 1.165) is 24.1 Å². The van der Waals surface area contributed by atoms with Gasteiger partial charge in [-0.1, -0.05) is 23.8 Å². The van der Waals surface area contributed by atoms with Crippen molar-refractivity contribution in [2.45, 2.75) is 38.5 Å². The minimum Gasteiger partial charge on any atom is -0.396 e. The molecule has 0 unspecified atom stereocenters. The highest BCUT2D eigenvalue weighted by molar-refractivity contribution is 5.92. The van der Waals surface area contributed by atoms with Gasteiger partial charge in [-0.25, -0.2) is 0 Å². The number of hydrogen-bond acceptors (Lipinski definition) is 2. The number of benzene rings is 1. The third-order valence-corrected chi connectivity index (χ3v) is 3.41. The molecule has 0 saturated heterocycles. The van der Waals surface area contributed by atoms with Gasteiger partial charge in [0.05, 0.1) is 0 Å². The standard InChI is InChI=1S/C16H21NO2/c18-11-10-13-6-8-15(9-7-13)17-16(19)12-14-4-2-1-3-5-14/h4,6-9,18H,1-3,5,10-12H2,(H,17,19). The molecule has 1 aliphatic carbocycles. The first-order valence-corrected chi connectivity index (χ1v) is 6.95. The molecular formula is C16H21NO2. The number of rotatable bonds is 5. The van der Waals surface area contributed by atoms with Gasteiger partial charge >= 0.3 is 0 Å². The highest BCUT2D eigenvalue weighted by Gasteiger charge is 2.09. The van der Waals surface area contributed by atoms with Gasteiger partial charge in [-0.15, -0.1) is 0 Å². The van der Waals surface area contributed by atoms with Crippen LogP contribution in [0.25, 0.3) is 0 Å². The monoisotopic (exact) mass is 259 g/mol.